The van der Waals surface area contributed by atoms with E-state index in [-0.39, 0.29) is 18.0 Å². The molecule has 3 aromatic rings. The Morgan fingerprint density at radius 3 is 2.36 bits per heavy atom. The van der Waals surface area contributed by atoms with Crippen molar-refractivity contribution in [2.24, 2.45) is 0 Å². The molecule has 0 heterocycles. The molecular formula is C23H23F4N. The van der Waals surface area contributed by atoms with Crippen molar-refractivity contribution in [1.82, 2.24) is 4.90 Å². The fourth-order valence-electron chi connectivity index (χ4n) is 3.44. The summed E-state index contributed by atoms with van der Waals surface area (Å²) in [6, 6.07) is 18.8. The van der Waals surface area contributed by atoms with E-state index in [1.54, 1.807) is 0 Å². The Bertz CT molecular complexity index is 930. The van der Waals surface area contributed by atoms with Crippen LogP contribution in [0, 0.1) is 0 Å². The minimum Gasteiger partial charge on any atom is -0.300 e. The molecule has 0 radical (unpaired) electrons. The van der Waals surface area contributed by atoms with E-state index in [9.17, 15) is 17.6 Å². The number of hydrogen-bond donors (Lipinski definition) is 0. The summed E-state index contributed by atoms with van der Waals surface area (Å²) in [6.45, 7) is 2.49. The fourth-order valence-corrected chi connectivity index (χ4v) is 3.44. The number of benzene rings is 3. The summed E-state index contributed by atoms with van der Waals surface area (Å²) in [5.74, 6) is 0. The van der Waals surface area contributed by atoms with E-state index in [4.69, 9.17) is 0 Å². The first-order chi connectivity index (χ1) is 13.3. The molecule has 0 aliphatic heterocycles. The first kappa shape index (κ1) is 20.3. The molecule has 0 fully saturated rings. The number of rotatable bonds is 6. The molecule has 0 amide bonds. The molecule has 2 atom stereocenters. The minimum atomic E-state index is -4.46. The van der Waals surface area contributed by atoms with Crippen LogP contribution in [0.5, 0.6) is 0 Å². The van der Waals surface area contributed by atoms with Crippen molar-refractivity contribution < 1.29 is 17.6 Å². The van der Waals surface area contributed by atoms with Gasteiger partial charge < -0.3 is 0 Å². The van der Waals surface area contributed by atoms with Crippen LogP contribution in [0.4, 0.5) is 17.6 Å². The van der Waals surface area contributed by atoms with Crippen LogP contribution in [0.3, 0.4) is 0 Å². The van der Waals surface area contributed by atoms with Gasteiger partial charge in [0.05, 0.1) is 5.56 Å². The van der Waals surface area contributed by atoms with Crippen LogP contribution in [0.1, 0.15) is 42.2 Å². The molecule has 3 rings (SSSR count). The summed E-state index contributed by atoms with van der Waals surface area (Å²) < 4.78 is 53.1. The van der Waals surface area contributed by atoms with Gasteiger partial charge in [0.1, 0.15) is 6.17 Å². The normalized spacial score (nSPS) is 14.4. The minimum absolute atomic E-state index is 0.0554. The molecule has 0 bridgehead atoms. The van der Waals surface area contributed by atoms with Gasteiger partial charge in [-0.15, -0.1) is 0 Å². The Balaban J connectivity index is 1.69. The van der Waals surface area contributed by atoms with E-state index in [2.05, 4.69) is 31.2 Å². The number of hydrogen-bond acceptors (Lipinski definition) is 1. The van der Waals surface area contributed by atoms with E-state index in [1.807, 2.05) is 30.1 Å². The number of fused-ring (bicyclic) bond motifs is 1. The average molecular weight is 389 g/mol. The largest absolute Gasteiger partial charge is 0.416 e. The smallest absolute Gasteiger partial charge is 0.300 e. The zero-order valence-corrected chi connectivity index (χ0v) is 15.9. The highest BCUT2D eigenvalue weighted by Gasteiger charge is 2.31. The summed E-state index contributed by atoms with van der Waals surface area (Å²) in [5, 5.41) is 2.30. The third-order valence-corrected chi connectivity index (χ3v) is 5.25. The molecule has 0 saturated heterocycles. The summed E-state index contributed by atoms with van der Waals surface area (Å²) in [4.78, 5) is 2.03. The van der Waals surface area contributed by atoms with Gasteiger partial charge in [-0.1, -0.05) is 54.6 Å². The lowest BCUT2D eigenvalue weighted by Gasteiger charge is -2.27. The summed E-state index contributed by atoms with van der Waals surface area (Å²) >= 11 is 0. The Morgan fingerprint density at radius 2 is 1.61 bits per heavy atom. The lowest BCUT2D eigenvalue weighted by Crippen LogP contribution is -2.24. The lowest BCUT2D eigenvalue weighted by molar-refractivity contribution is -0.137. The molecule has 28 heavy (non-hydrogen) atoms. The van der Waals surface area contributed by atoms with Crippen molar-refractivity contribution in [3.05, 3.63) is 83.4 Å². The van der Waals surface area contributed by atoms with Crippen molar-refractivity contribution in [3.8, 4) is 0 Å². The summed E-state index contributed by atoms with van der Waals surface area (Å²) in [7, 11) is 1.91. The van der Waals surface area contributed by atoms with Crippen LogP contribution in [0.15, 0.2) is 66.7 Å². The second-order valence-electron chi connectivity index (χ2n) is 7.10. The van der Waals surface area contributed by atoms with Gasteiger partial charge in [0.25, 0.3) is 0 Å². The Hall–Kier alpha value is -2.40. The number of alkyl halides is 4. The third-order valence-electron chi connectivity index (χ3n) is 5.25. The van der Waals surface area contributed by atoms with Crippen molar-refractivity contribution in [3.63, 3.8) is 0 Å². The zero-order chi connectivity index (χ0) is 20.3. The van der Waals surface area contributed by atoms with Crippen LogP contribution in [0.2, 0.25) is 0 Å². The molecule has 1 nitrogen and oxygen atoms in total. The summed E-state index contributed by atoms with van der Waals surface area (Å²) in [5.41, 5.74) is 0.404. The van der Waals surface area contributed by atoms with Gasteiger partial charge in [-0.3, -0.25) is 4.90 Å². The van der Waals surface area contributed by atoms with Gasteiger partial charge in [-0.25, -0.2) is 4.39 Å². The molecule has 5 heteroatoms. The predicted molar refractivity (Wildman–Crippen MR) is 105 cm³/mol. The quantitative estimate of drug-likeness (QED) is 0.412. The molecule has 0 spiro atoms. The first-order valence-corrected chi connectivity index (χ1v) is 9.26. The van der Waals surface area contributed by atoms with Gasteiger partial charge in [0.2, 0.25) is 0 Å². The number of nitrogens with zero attached hydrogens (tertiary/aromatic N) is 1. The predicted octanol–water partition coefficient (Wildman–Crippen LogP) is 6.95. The Labute approximate surface area is 162 Å². The van der Waals surface area contributed by atoms with Crippen molar-refractivity contribution >= 4 is 10.8 Å². The van der Waals surface area contributed by atoms with Gasteiger partial charge in [-0.2, -0.15) is 13.2 Å². The van der Waals surface area contributed by atoms with Gasteiger partial charge >= 0.3 is 6.18 Å². The van der Waals surface area contributed by atoms with Gasteiger partial charge in [-0.05, 0) is 54.4 Å². The highest BCUT2D eigenvalue weighted by Crippen LogP contribution is 2.33. The first-order valence-electron chi connectivity index (χ1n) is 9.26. The van der Waals surface area contributed by atoms with E-state index in [0.29, 0.717) is 6.54 Å². The molecule has 0 N–H and O–H groups in total. The number of halogens is 4. The van der Waals surface area contributed by atoms with Crippen molar-refractivity contribution in [2.75, 3.05) is 13.6 Å². The molecule has 3 aromatic carbocycles. The van der Waals surface area contributed by atoms with Crippen LogP contribution >= 0.6 is 0 Å². The van der Waals surface area contributed by atoms with Crippen LogP contribution < -0.4 is 0 Å². The van der Waals surface area contributed by atoms with Gasteiger partial charge in [0, 0.05) is 12.6 Å². The van der Waals surface area contributed by atoms with Crippen molar-refractivity contribution in [1.29, 1.82) is 0 Å². The molecule has 0 aliphatic rings. The highest BCUT2D eigenvalue weighted by atomic mass is 19.4. The fraction of sp³-hybridized carbons (Fsp3) is 0.304. The van der Waals surface area contributed by atoms with E-state index in [0.717, 1.165) is 28.5 Å². The van der Waals surface area contributed by atoms with E-state index >= 15 is 0 Å². The lowest BCUT2D eigenvalue weighted by atomic mass is 9.98. The Morgan fingerprint density at radius 1 is 0.929 bits per heavy atom. The topological polar surface area (TPSA) is 3.24 Å². The molecule has 2 unspecified atom stereocenters. The molecule has 0 saturated carbocycles. The van der Waals surface area contributed by atoms with E-state index in [1.165, 1.54) is 12.1 Å². The average Bonchev–Trinajstić information content (AvgIpc) is 2.70. The zero-order valence-electron chi connectivity index (χ0n) is 15.9. The monoisotopic (exact) mass is 389 g/mol. The second kappa shape index (κ2) is 8.31. The van der Waals surface area contributed by atoms with Crippen molar-refractivity contribution in [2.45, 2.75) is 31.7 Å². The second-order valence-corrected chi connectivity index (χ2v) is 7.10. The maximum atomic E-state index is 14.6. The molecule has 0 aromatic heterocycles. The van der Waals surface area contributed by atoms with Crippen LogP contribution in [0.25, 0.3) is 10.8 Å². The maximum Gasteiger partial charge on any atom is 0.416 e. The Kier molecular flexibility index (Phi) is 6.04. The maximum absolute atomic E-state index is 14.6. The SMILES string of the molecule is CC(c1cccc2ccccc12)N(C)CCC(F)c1cccc(C(F)(F)F)c1. The molecule has 0 aliphatic carbocycles. The summed E-state index contributed by atoms with van der Waals surface area (Å²) in [6.07, 6.45) is -5.77. The van der Waals surface area contributed by atoms with Gasteiger partial charge in [0.15, 0.2) is 0 Å². The third kappa shape index (κ3) is 4.53. The van der Waals surface area contributed by atoms with Crippen LogP contribution in [-0.2, 0) is 6.18 Å². The highest BCUT2D eigenvalue weighted by molar-refractivity contribution is 5.86. The molecular weight excluding hydrogens is 366 g/mol. The van der Waals surface area contributed by atoms with Crippen LogP contribution in [-0.4, -0.2) is 18.5 Å². The standard InChI is InChI=1S/C23H23F4N/c1-16(20-12-6-8-17-7-3-4-11-21(17)20)28(2)14-13-22(24)18-9-5-10-19(15-18)23(25,26)27/h3-12,15-16,22H,13-14H2,1-2H3. The van der Waals surface area contributed by atoms with E-state index < -0.39 is 17.9 Å². The molecule has 148 valence electrons.